The van der Waals surface area contributed by atoms with E-state index < -0.39 is 11.2 Å². The number of nitrogens with zero attached hydrogens (tertiary/aromatic N) is 4. The van der Waals surface area contributed by atoms with Gasteiger partial charge in [-0.25, -0.2) is 9.37 Å². The van der Waals surface area contributed by atoms with Gasteiger partial charge < -0.3 is 24.8 Å². The minimum Gasteiger partial charge on any atom is -0.611 e. The Morgan fingerprint density at radius 1 is 1.29 bits per heavy atom. The van der Waals surface area contributed by atoms with Crippen LogP contribution in [0.4, 0.5) is 21.8 Å². The zero-order valence-electron chi connectivity index (χ0n) is 17.3. The summed E-state index contributed by atoms with van der Waals surface area (Å²) in [5.41, 5.74) is 1.45. The van der Waals surface area contributed by atoms with E-state index in [0.29, 0.717) is 40.8 Å². The van der Waals surface area contributed by atoms with Gasteiger partial charge in [0.05, 0.1) is 18.2 Å². The fourth-order valence-electron chi connectivity index (χ4n) is 5.06. The van der Waals surface area contributed by atoms with Crippen LogP contribution in [0.1, 0.15) is 25.0 Å². The average molecular weight is 444 g/mol. The summed E-state index contributed by atoms with van der Waals surface area (Å²) in [5, 5.41) is 13.1. The lowest BCUT2D eigenvalue weighted by molar-refractivity contribution is 0.247. The first-order chi connectivity index (χ1) is 15.0. The van der Waals surface area contributed by atoms with Crippen molar-refractivity contribution in [3.05, 3.63) is 35.8 Å². The van der Waals surface area contributed by atoms with Crippen LogP contribution in [0.15, 0.2) is 29.2 Å². The standard InChI is InChI=1S/C22H26FN5O2S/c23-15-2-1-3-16(10-15)28-11-14-4-8-27(12-18(14)28)21-24-17-5-9-31(30)19(17)20(25-21)26-22(13-29)6-7-22/h1-3,10,14,18,29H,4-9,11-13H2,(H,24,25,26). The van der Waals surface area contributed by atoms with Gasteiger partial charge >= 0.3 is 0 Å². The summed E-state index contributed by atoms with van der Waals surface area (Å²) in [6.45, 7) is 2.67. The van der Waals surface area contributed by atoms with E-state index in [1.54, 1.807) is 12.1 Å². The number of aliphatic hydroxyl groups is 1. The summed E-state index contributed by atoms with van der Waals surface area (Å²) in [6.07, 6.45) is 3.51. The van der Waals surface area contributed by atoms with Crippen molar-refractivity contribution in [3.8, 4) is 0 Å². The molecule has 164 valence electrons. The Hall–Kier alpha value is -2.10. The average Bonchev–Trinajstić information content (AvgIpc) is 3.42. The lowest BCUT2D eigenvalue weighted by atomic mass is 9.82. The van der Waals surface area contributed by atoms with E-state index in [4.69, 9.17) is 9.97 Å². The molecule has 3 unspecified atom stereocenters. The molecule has 4 heterocycles. The minimum absolute atomic E-state index is 0.0454. The maximum Gasteiger partial charge on any atom is 0.227 e. The Morgan fingerprint density at radius 2 is 2.16 bits per heavy atom. The van der Waals surface area contributed by atoms with Gasteiger partial charge in [-0.15, -0.1) is 0 Å². The molecule has 4 aliphatic rings. The van der Waals surface area contributed by atoms with Crippen LogP contribution in [-0.4, -0.2) is 63.2 Å². The third-order valence-electron chi connectivity index (χ3n) is 7.19. The van der Waals surface area contributed by atoms with E-state index >= 15 is 0 Å². The predicted octanol–water partition coefficient (Wildman–Crippen LogP) is 1.93. The summed E-state index contributed by atoms with van der Waals surface area (Å²) in [7, 11) is 0. The van der Waals surface area contributed by atoms with Crippen LogP contribution >= 0.6 is 0 Å². The Labute approximate surface area is 183 Å². The molecule has 0 bridgehead atoms. The molecule has 0 amide bonds. The van der Waals surface area contributed by atoms with Crippen LogP contribution in [0.2, 0.25) is 0 Å². The number of halogens is 1. The predicted molar refractivity (Wildman–Crippen MR) is 118 cm³/mol. The summed E-state index contributed by atoms with van der Waals surface area (Å²) in [6, 6.07) is 7.11. The first kappa shape index (κ1) is 19.6. The fraction of sp³-hybridized carbons (Fsp3) is 0.545. The minimum atomic E-state index is -1.10. The molecule has 2 saturated heterocycles. The highest BCUT2D eigenvalue weighted by Crippen LogP contribution is 2.42. The second-order valence-electron chi connectivity index (χ2n) is 9.21. The first-order valence-electron chi connectivity index (χ1n) is 11.0. The largest absolute Gasteiger partial charge is 0.611 e. The number of hydrogen-bond acceptors (Lipinski definition) is 7. The van der Waals surface area contributed by atoms with Crippen molar-refractivity contribution in [1.82, 2.24) is 9.97 Å². The molecule has 3 aliphatic heterocycles. The number of anilines is 3. The Bertz CT molecular complexity index is 1020. The second kappa shape index (κ2) is 7.21. The van der Waals surface area contributed by atoms with Gasteiger partial charge in [-0.05, 0) is 48.6 Å². The fourth-order valence-corrected chi connectivity index (χ4v) is 6.37. The number of piperidine rings is 1. The number of benzene rings is 1. The van der Waals surface area contributed by atoms with Crippen molar-refractivity contribution < 1.29 is 14.0 Å². The smallest absolute Gasteiger partial charge is 0.227 e. The number of aromatic nitrogens is 2. The van der Waals surface area contributed by atoms with Crippen LogP contribution in [0.5, 0.6) is 0 Å². The Morgan fingerprint density at radius 3 is 2.94 bits per heavy atom. The third kappa shape index (κ3) is 3.34. The molecular weight excluding hydrogens is 417 g/mol. The van der Waals surface area contributed by atoms with Gasteiger partial charge in [-0.1, -0.05) is 6.07 Å². The van der Waals surface area contributed by atoms with Crippen LogP contribution < -0.4 is 15.1 Å². The maximum absolute atomic E-state index is 13.7. The van der Waals surface area contributed by atoms with Gasteiger partial charge in [0.15, 0.2) is 5.82 Å². The number of aliphatic hydroxyl groups excluding tert-OH is 1. The molecule has 7 nitrogen and oxygen atoms in total. The van der Waals surface area contributed by atoms with Crippen molar-refractivity contribution in [3.63, 3.8) is 0 Å². The lowest BCUT2D eigenvalue weighted by Crippen LogP contribution is -2.64. The molecule has 1 saturated carbocycles. The van der Waals surface area contributed by atoms with Crippen molar-refractivity contribution in [1.29, 1.82) is 0 Å². The topological polar surface area (TPSA) is 87.6 Å². The molecule has 2 N–H and O–H groups in total. The molecule has 0 radical (unpaired) electrons. The SMILES string of the molecule is [O-][S+]1CCc2nc(N3CCC4CN(c5cccc(F)c5)C4C3)nc(NC3(CO)CC3)c21. The van der Waals surface area contributed by atoms with Gasteiger partial charge in [0.2, 0.25) is 10.8 Å². The quantitative estimate of drug-likeness (QED) is 0.683. The maximum atomic E-state index is 13.7. The van der Waals surface area contributed by atoms with Gasteiger partial charge in [0.1, 0.15) is 17.3 Å². The summed E-state index contributed by atoms with van der Waals surface area (Å²) in [4.78, 5) is 14.8. The van der Waals surface area contributed by atoms with E-state index in [1.165, 1.54) is 6.07 Å². The zero-order chi connectivity index (χ0) is 21.2. The Balaban J connectivity index is 1.27. The molecule has 0 spiro atoms. The zero-order valence-corrected chi connectivity index (χ0v) is 18.1. The van der Waals surface area contributed by atoms with Crippen molar-refractivity contribution in [2.24, 2.45) is 5.92 Å². The normalized spacial score (nSPS) is 28.0. The highest BCUT2D eigenvalue weighted by atomic mass is 32.2. The molecule has 2 aromatic rings. The third-order valence-corrected chi connectivity index (χ3v) is 8.65. The van der Waals surface area contributed by atoms with Crippen molar-refractivity contribution in [2.75, 3.05) is 47.1 Å². The van der Waals surface area contributed by atoms with Gasteiger partial charge in [0, 0.05) is 37.7 Å². The number of fused-ring (bicyclic) bond motifs is 2. The van der Waals surface area contributed by atoms with Crippen LogP contribution in [-0.2, 0) is 17.6 Å². The number of aryl methyl sites for hydroxylation is 1. The van der Waals surface area contributed by atoms with Gasteiger partial charge in [-0.2, -0.15) is 4.98 Å². The van der Waals surface area contributed by atoms with E-state index in [-0.39, 0.29) is 18.0 Å². The highest BCUT2D eigenvalue weighted by molar-refractivity contribution is 7.91. The van der Waals surface area contributed by atoms with E-state index in [9.17, 15) is 14.0 Å². The van der Waals surface area contributed by atoms with E-state index in [2.05, 4.69) is 15.1 Å². The summed E-state index contributed by atoms with van der Waals surface area (Å²) in [5.74, 6) is 2.26. The van der Waals surface area contributed by atoms with Crippen molar-refractivity contribution in [2.45, 2.75) is 42.2 Å². The van der Waals surface area contributed by atoms with E-state index in [1.807, 2.05) is 6.07 Å². The van der Waals surface area contributed by atoms with E-state index in [0.717, 1.165) is 50.3 Å². The Kier molecular flexibility index (Phi) is 4.56. The molecule has 1 aromatic carbocycles. The molecule has 9 heteroatoms. The van der Waals surface area contributed by atoms with Gasteiger partial charge in [-0.3, -0.25) is 0 Å². The monoisotopic (exact) mass is 443 g/mol. The van der Waals surface area contributed by atoms with Crippen LogP contribution in [0.25, 0.3) is 0 Å². The molecule has 3 atom stereocenters. The van der Waals surface area contributed by atoms with Crippen LogP contribution in [0, 0.1) is 11.7 Å². The molecule has 1 aromatic heterocycles. The number of hydrogen-bond donors (Lipinski definition) is 2. The first-order valence-corrected chi connectivity index (χ1v) is 12.3. The summed E-state index contributed by atoms with van der Waals surface area (Å²) >= 11 is -1.10. The van der Waals surface area contributed by atoms with Crippen molar-refractivity contribution >= 4 is 28.6 Å². The van der Waals surface area contributed by atoms with Gasteiger partial charge in [0.25, 0.3) is 0 Å². The highest BCUT2D eigenvalue weighted by Gasteiger charge is 2.46. The second-order valence-corrected chi connectivity index (χ2v) is 10.7. The molecule has 3 fully saturated rings. The van der Waals surface area contributed by atoms with Crippen LogP contribution in [0.3, 0.4) is 0 Å². The summed E-state index contributed by atoms with van der Waals surface area (Å²) < 4.78 is 26.3. The molecule has 31 heavy (non-hydrogen) atoms. The lowest BCUT2D eigenvalue weighted by Gasteiger charge is -2.54. The molecule has 6 rings (SSSR count). The molecular formula is C22H26FN5O2S. The number of rotatable bonds is 5. The molecule has 1 aliphatic carbocycles. The number of nitrogens with one attached hydrogen (secondary N) is 1.